The lowest BCUT2D eigenvalue weighted by molar-refractivity contribution is 0.0797. The number of hydrogen-bond acceptors (Lipinski definition) is 9. The highest BCUT2D eigenvalue weighted by Gasteiger charge is 2.29. The van der Waals surface area contributed by atoms with Gasteiger partial charge in [0, 0.05) is 102 Å². The van der Waals surface area contributed by atoms with Crippen LogP contribution in [0.15, 0.2) is 45.6 Å². The summed E-state index contributed by atoms with van der Waals surface area (Å²) in [6.45, 7) is 2.42. The fraction of sp³-hybridized carbons (Fsp3) is 0.538. The Hall–Kier alpha value is -3.13. The summed E-state index contributed by atoms with van der Waals surface area (Å²) < 4.78 is 32.9. The molecule has 0 aromatic heterocycles. The van der Waals surface area contributed by atoms with Crippen LogP contribution in [0.4, 0.5) is 10.5 Å². The van der Waals surface area contributed by atoms with E-state index >= 15 is 0 Å². The lowest BCUT2D eigenvalue weighted by Crippen LogP contribution is -2.50. The molecule has 0 spiro atoms. The average molecular weight is 563 g/mol. The molecule has 2 aliphatic rings. The van der Waals surface area contributed by atoms with Crippen LogP contribution in [0.1, 0.15) is 24.8 Å². The highest BCUT2D eigenvalue weighted by molar-refractivity contribution is 7.89. The van der Waals surface area contributed by atoms with Crippen LogP contribution in [-0.2, 0) is 14.8 Å². The van der Waals surface area contributed by atoms with Crippen LogP contribution >= 0.6 is 0 Å². The number of benzene rings is 1. The number of likely N-dealkylation sites (N-methyl/N-ethyl adjacent to an activating group) is 1. The van der Waals surface area contributed by atoms with E-state index in [4.69, 9.17) is 10.5 Å². The molecule has 1 aromatic carbocycles. The maximum absolute atomic E-state index is 13.1. The summed E-state index contributed by atoms with van der Waals surface area (Å²) in [6, 6.07) is 5.17. The Labute approximate surface area is 231 Å². The van der Waals surface area contributed by atoms with Crippen LogP contribution < -0.4 is 27.0 Å². The number of nitrogens with two attached hydrogens (primary N) is 1. The van der Waals surface area contributed by atoms with Gasteiger partial charge in [0.2, 0.25) is 10.0 Å². The first-order chi connectivity index (χ1) is 18.6. The number of amides is 2. The Balaban J connectivity index is 2.05. The van der Waals surface area contributed by atoms with Gasteiger partial charge in [0.25, 0.3) is 0 Å². The maximum Gasteiger partial charge on any atom is 0.317 e. The Bertz CT molecular complexity index is 1210. The third kappa shape index (κ3) is 7.50. The highest BCUT2D eigenvalue weighted by atomic mass is 32.2. The van der Waals surface area contributed by atoms with Gasteiger partial charge in [-0.3, -0.25) is 10.3 Å². The van der Waals surface area contributed by atoms with Crippen LogP contribution in [0.2, 0.25) is 0 Å². The molecule has 6 N–H and O–H groups in total. The first-order valence-corrected chi connectivity index (χ1v) is 14.5. The second kappa shape index (κ2) is 13.8. The molecule has 1 unspecified atom stereocenters. The van der Waals surface area contributed by atoms with Gasteiger partial charge in [0.05, 0.1) is 4.90 Å². The van der Waals surface area contributed by atoms with Crippen molar-refractivity contribution in [3.63, 3.8) is 0 Å². The van der Waals surface area contributed by atoms with E-state index in [0.717, 1.165) is 24.1 Å². The van der Waals surface area contributed by atoms with E-state index in [-0.39, 0.29) is 10.9 Å². The molecular formula is C26H42N8O4S. The first kappa shape index (κ1) is 30.4. The van der Waals surface area contributed by atoms with Crippen molar-refractivity contribution in [2.45, 2.75) is 36.4 Å². The minimum absolute atomic E-state index is 0.122. The van der Waals surface area contributed by atoms with Crippen LogP contribution in [0, 0.1) is 0 Å². The second-order valence-corrected chi connectivity index (χ2v) is 11.8. The lowest BCUT2D eigenvalue weighted by Gasteiger charge is -2.37. The van der Waals surface area contributed by atoms with Crippen molar-refractivity contribution in [1.29, 1.82) is 0 Å². The molecule has 2 aliphatic heterocycles. The predicted molar refractivity (Wildman–Crippen MR) is 155 cm³/mol. The first-order valence-electron chi connectivity index (χ1n) is 13.0. The minimum atomic E-state index is -3.74. The Morgan fingerprint density at radius 3 is 2.54 bits per heavy atom. The SMILES string of the molecule is CN=CC(=CN)c1cc(NC(NC)C2=C(NC3CCOCC3)CCN(C(=O)NC)C2)cc(S(=O)(=O)N(C)C)c1. The minimum Gasteiger partial charge on any atom is -0.404 e. The fourth-order valence-electron chi connectivity index (χ4n) is 4.70. The van der Waals surface area contributed by atoms with Crippen LogP contribution in [0.5, 0.6) is 0 Å². The van der Waals surface area contributed by atoms with Gasteiger partial charge in [-0.25, -0.2) is 17.5 Å². The molecule has 13 heteroatoms. The quantitative estimate of drug-likeness (QED) is 0.209. The van der Waals surface area contributed by atoms with Crippen molar-refractivity contribution in [2.24, 2.45) is 10.7 Å². The molecule has 216 valence electrons. The van der Waals surface area contributed by atoms with Gasteiger partial charge in [-0.15, -0.1) is 0 Å². The fourth-order valence-corrected chi connectivity index (χ4v) is 5.67. The molecule has 1 aromatic rings. The molecule has 0 bridgehead atoms. The lowest BCUT2D eigenvalue weighted by atomic mass is 10.00. The Morgan fingerprint density at radius 2 is 1.95 bits per heavy atom. The number of rotatable bonds is 10. The number of carbonyl (C=O) groups is 1. The number of nitrogens with zero attached hydrogens (tertiary/aromatic N) is 3. The van der Waals surface area contributed by atoms with Gasteiger partial charge in [0.15, 0.2) is 0 Å². The summed E-state index contributed by atoms with van der Waals surface area (Å²) in [5, 5.41) is 13.2. The van der Waals surface area contributed by atoms with E-state index in [1.54, 1.807) is 37.3 Å². The number of aliphatic imine (C=N–C) groups is 1. The summed E-state index contributed by atoms with van der Waals surface area (Å²) in [4.78, 5) is 18.5. The number of hydrogen-bond donors (Lipinski definition) is 5. The molecule has 2 heterocycles. The van der Waals surface area contributed by atoms with Crippen LogP contribution in [0.25, 0.3) is 5.57 Å². The summed E-state index contributed by atoms with van der Waals surface area (Å²) in [5.74, 6) is 0. The number of nitrogens with one attached hydrogen (secondary N) is 4. The van der Waals surface area contributed by atoms with E-state index in [1.165, 1.54) is 24.6 Å². The number of anilines is 1. The van der Waals surface area contributed by atoms with Gasteiger partial charge < -0.3 is 31.3 Å². The zero-order valence-corrected chi connectivity index (χ0v) is 24.3. The molecule has 39 heavy (non-hydrogen) atoms. The topological polar surface area (TPSA) is 153 Å². The molecule has 1 fully saturated rings. The average Bonchev–Trinajstić information content (AvgIpc) is 2.94. The van der Waals surface area contributed by atoms with E-state index in [1.807, 2.05) is 13.1 Å². The number of urea groups is 1. The Morgan fingerprint density at radius 1 is 1.23 bits per heavy atom. The smallest absolute Gasteiger partial charge is 0.317 e. The van der Waals surface area contributed by atoms with E-state index < -0.39 is 16.2 Å². The summed E-state index contributed by atoms with van der Waals surface area (Å²) in [6.07, 6.45) is 5.09. The molecule has 1 atom stereocenters. The molecule has 0 saturated carbocycles. The van der Waals surface area contributed by atoms with E-state index in [9.17, 15) is 13.2 Å². The zero-order chi connectivity index (χ0) is 28.6. The predicted octanol–water partition coefficient (Wildman–Crippen LogP) is 0.962. The van der Waals surface area contributed by atoms with Crippen LogP contribution in [0.3, 0.4) is 0 Å². The molecular weight excluding hydrogens is 520 g/mol. The van der Waals surface area contributed by atoms with Crippen molar-refractivity contribution < 1.29 is 17.9 Å². The van der Waals surface area contributed by atoms with Gasteiger partial charge in [-0.1, -0.05) is 0 Å². The zero-order valence-electron chi connectivity index (χ0n) is 23.5. The molecule has 0 radical (unpaired) electrons. The van der Waals surface area contributed by atoms with Crippen molar-refractivity contribution in [3.8, 4) is 0 Å². The van der Waals surface area contributed by atoms with Crippen molar-refractivity contribution in [3.05, 3.63) is 41.2 Å². The number of allylic oxidation sites excluding steroid dienone is 1. The number of carbonyl (C=O) groups excluding carboxylic acids is 1. The van der Waals surface area contributed by atoms with E-state index in [2.05, 4.69) is 26.3 Å². The summed E-state index contributed by atoms with van der Waals surface area (Å²) >= 11 is 0. The van der Waals surface area contributed by atoms with Crippen molar-refractivity contribution >= 4 is 33.5 Å². The standard InChI is InChI=1S/C26H42N8O4S/c1-28-16-19(15-27)18-12-21(14-22(13-18)39(36,37)33(4)5)32-25(29-2)23-17-34(26(35)30-3)9-6-24(23)31-20-7-10-38-11-8-20/h12-16,20,25,29,31-32H,6-11,17,27H2,1-5H3,(H,30,35). The molecule has 3 rings (SSSR count). The van der Waals surface area contributed by atoms with Crippen molar-refractivity contribution in [2.75, 3.05) is 66.9 Å². The van der Waals surface area contributed by atoms with Gasteiger partial charge in [0.1, 0.15) is 6.17 Å². The monoisotopic (exact) mass is 562 g/mol. The third-order valence-electron chi connectivity index (χ3n) is 6.90. The van der Waals surface area contributed by atoms with Crippen LogP contribution in [-0.4, -0.2) is 104 Å². The largest absolute Gasteiger partial charge is 0.404 e. The third-order valence-corrected chi connectivity index (χ3v) is 8.69. The number of sulfonamides is 1. The van der Waals surface area contributed by atoms with Crippen molar-refractivity contribution in [1.82, 2.24) is 25.2 Å². The van der Waals surface area contributed by atoms with E-state index in [0.29, 0.717) is 55.6 Å². The molecule has 1 saturated heterocycles. The van der Waals surface area contributed by atoms with Gasteiger partial charge >= 0.3 is 6.03 Å². The summed E-state index contributed by atoms with van der Waals surface area (Å²) in [5.41, 5.74) is 9.67. The summed E-state index contributed by atoms with van der Waals surface area (Å²) in [7, 11) is 4.32. The molecule has 12 nitrogen and oxygen atoms in total. The Kier molecular flexibility index (Phi) is 10.7. The number of ether oxygens (including phenoxy) is 1. The second-order valence-electron chi connectivity index (χ2n) is 9.67. The van der Waals surface area contributed by atoms with Gasteiger partial charge in [-0.2, -0.15) is 0 Å². The molecule has 2 amide bonds. The molecule has 0 aliphatic carbocycles. The maximum atomic E-state index is 13.1. The normalized spacial score (nSPS) is 18.5. The highest BCUT2D eigenvalue weighted by Crippen LogP contribution is 2.28. The van der Waals surface area contributed by atoms with Gasteiger partial charge in [-0.05, 0) is 43.7 Å².